The number of aryl methyl sites for hydroxylation is 1. The molecular formula is C63H67BN2. The molecule has 0 N–H and O–H groups in total. The van der Waals surface area contributed by atoms with Crippen LogP contribution in [0.3, 0.4) is 0 Å². The summed E-state index contributed by atoms with van der Waals surface area (Å²) in [6.07, 6.45) is 4.68. The fourth-order valence-electron chi connectivity index (χ4n) is 12.2. The molecule has 332 valence electrons. The van der Waals surface area contributed by atoms with Gasteiger partial charge in [-0.1, -0.05) is 167 Å². The second-order valence-corrected chi connectivity index (χ2v) is 24.0. The first kappa shape index (κ1) is 42.8. The lowest BCUT2D eigenvalue weighted by molar-refractivity contribution is 0.332. The minimum atomic E-state index is -0.0823. The molecule has 0 saturated carbocycles. The van der Waals surface area contributed by atoms with Gasteiger partial charge in [0.25, 0.3) is 0 Å². The van der Waals surface area contributed by atoms with Gasteiger partial charge in [0.1, 0.15) is 0 Å². The van der Waals surface area contributed by atoms with Crippen molar-refractivity contribution in [2.45, 2.75) is 136 Å². The predicted molar refractivity (Wildman–Crippen MR) is 285 cm³/mol. The monoisotopic (exact) mass is 863 g/mol. The van der Waals surface area contributed by atoms with Crippen LogP contribution in [-0.4, -0.2) is 6.85 Å². The second-order valence-electron chi connectivity index (χ2n) is 24.0. The van der Waals surface area contributed by atoms with E-state index < -0.39 is 0 Å². The minimum Gasteiger partial charge on any atom is -0.376 e. The third kappa shape index (κ3) is 6.65. The Bertz CT molecular complexity index is 3070. The highest BCUT2D eigenvalue weighted by atomic mass is 15.2. The van der Waals surface area contributed by atoms with E-state index in [2.05, 4.69) is 232 Å². The van der Waals surface area contributed by atoms with Crippen LogP contribution in [0, 0.1) is 6.92 Å². The van der Waals surface area contributed by atoms with Crippen molar-refractivity contribution < 1.29 is 0 Å². The largest absolute Gasteiger partial charge is 0.376 e. The molecule has 7 aromatic carbocycles. The van der Waals surface area contributed by atoms with Gasteiger partial charge in [-0.3, -0.25) is 0 Å². The van der Waals surface area contributed by atoms with Crippen molar-refractivity contribution >= 4 is 46.2 Å². The maximum absolute atomic E-state index is 2.76. The third-order valence-corrected chi connectivity index (χ3v) is 16.6. The van der Waals surface area contributed by atoms with Crippen LogP contribution in [0.2, 0.25) is 0 Å². The maximum Gasteiger partial charge on any atom is 0.333 e. The molecule has 0 bridgehead atoms. The molecule has 3 heteroatoms. The normalized spacial score (nSPS) is 18.2. The number of nitrogens with zero attached hydrogens (tertiary/aromatic N) is 2. The van der Waals surface area contributed by atoms with Crippen LogP contribution in [0.1, 0.15) is 135 Å². The molecule has 2 heterocycles. The smallest absolute Gasteiger partial charge is 0.333 e. The first-order valence-electron chi connectivity index (χ1n) is 24.7. The quantitative estimate of drug-likeness (QED) is 0.163. The van der Waals surface area contributed by atoms with Gasteiger partial charge in [-0.05, 0) is 180 Å². The lowest BCUT2D eigenvalue weighted by Crippen LogP contribution is -2.62. The molecule has 0 fully saturated rings. The molecule has 0 amide bonds. The van der Waals surface area contributed by atoms with Gasteiger partial charge in [-0.25, -0.2) is 0 Å². The summed E-state index contributed by atoms with van der Waals surface area (Å²) >= 11 is 0. The first-order chi connectivity index (χ1) is 31.2. The van der Waals surface area contributed by atoms with Crippen LogP contribution in [0.15, 0.2) is 140 Å². The Balaban J connectivity index is 1.27. The molecule has 11 rings (SSSR count). The summed E-state index contributed by atoms with van der Waals surface area (Å²) < 4.78 is 0. The van der Waals surface area contributed by atoms with Crippen molar-refractivity contribution in [3.8, 4) is 33.4 Å². The Kier molecular flexibility index (Phi) is 9.47. The average Bonchev–Trinajstić information content (AvgIpc) is 3.29. The van der Waals surface area contributed by atoms with Crippen molar-refractivity contribution in [1.82, 2.24) is 0 Å². The van der Waals surface area contributed by atoms with Gasteiger partial charge in [-0.2, -0.15) is 0 Å². The van der Waals surface area contributed by atoms with Crippen LogP contribution < -0.4 is 20.6 Å². The van der Waals surface area contributed by atoms with Crippen LogP contribution in [0.4, 0.5) is 28.4 Å². The highest BCUT2D eigenvalue weighted by molar-refractivity contribution is 6.93. The molecule has 2 aliphatic carbocycles. The molecule has 0 saturated heterocycles. The molecule has 0 unspecified atom stereocenters. The van der Waals surface area contributed by atoms with Gasteiger partial charge in [0.05, 0.1) is 0 Å². The summed E-state index contributed by atoms with van der Waals surface area (Å²) in [5, 5.41) is 0. The second kappa shape index (κ2) is 14.6. The van der Waals surface area contributed by atoms with Gasteiger partial charge in [0.15, 0.2) is 0 Å². The topological polar surface area (TPSA) is 6.48 Å². The molecule has 7 aromatic rings. The molecule has 0 spiro atoms. The average molecular weight is 863 g/mol. The number of hydrogen-bond donors (Lipinski definition) is 0. The van der Waals surface area contributed by atoms with E-state index in [9.17, 15) is 0 Å². The van der Waals surface area contributed by atoms with Gasteiger partial charge in [0.2, 0.25) is 0 Å². The Morgan fingerprint density at radius 1 is 0.439 bits per heavy atom. The third-order valence-electron chi connectivity index (χ3n) is 16.6. The number of hydrogen-bond acceptors (Lipinski definition) is 2. The fourth-order valence-corrected chi connectivity index (χ4v) is 12.2. The SMILES string of the molecule is Cc1cc(-c2ccccc2)ccc1N1c2cc3c(cc2B2c4c(cc(C(C)(C)C)cc41)-c1cc4c(cc1N2c1ccc(-c2ccccc2)cc1)C(C)(C)CCC4(C)C)C(C)(C)CCC3(C)C. The van der Waals surface area contributed by atoms with E-state index in [-0.39, 0.29) is 33.9 Å². The van der Waals surface area contributed by atoms with E-state index in [1.807, 2.05) is 0 Å². The summed E-state index contributed by atoms with van der Waals surface area (Å²) in [6, 6.07) is 54.2. The van der Waals surface area contributed by atoms with E-state index in [1.165, 1.54) is 132 Å². The number of anilines is 5. The van der Waals surface area contributed by atoms with Gasteiger partial charge in [0, 0.05) is 34.0 Å². The lowest BCUT2D eigenvalue weighted by Gasteiger charge is -2.50. The number of fused-ring (bicyclic) bond motifs is 6. The molecule has 66 heavy (non-hydrogen) atoms. The van der Waals surface area contributed by atoms with Crippen molar-refractivity contribution in [2.75, 3.05) is 9.71 Å². The van der Waals surface area contributed by atoms with Crippen molar-refractivity contribution in [2.24, 2.45) is 0 Å². The summed E-state index contributed by atoms with van der Waals surface area (Å²) in [7, 11) is 0. The minimum absolute atomic E-state index is 0.0417. The predicted octanol–water partition coefficient (Wildman–Crippen LogP) is 16.0. The van der Waals surface area contributed by atoms with E-state index >= 15 is 0 Å². The Labute approximate surface area is 396 Å². The fraction of sp³-hybridized carbons (Fsp3) is 0.333. The molecule has 0 radical (unpaired) electrons. The van der Waals surface area contributed by atoms with E-state index in [0.29, 0.717) is 0 Å². The Morgan fingerprint density at radius 3 is 1.47 bits per heavy atom. The zero-order chi connectivity index (χ0) is 46.3. The Morgan fingerprint density at radius 2 is 0.924 bits per heavy atom. The standard InChI is InChI=1S/C63H67BN2/c1-40-33-44(42-21-17-14-18-22-42)25-28-54(40)65-56-39-52-50(61(7,8)30-32-63(52,11)12)37-53(56)64-58-48(34-45(35-57(58)65)59(2,3)4)47-36-49-51(62(9,10)31-29-60(49,5)6)38-55(47)66(64)46-26-23-43(24-27-46)41-19-15-13-16-20-41/h13-28,33-39H,29-32H2,1-12H3. The van der Waals surface area contributed by atoms with Gasteiger partial charge < -0.3 is 9.71 Å². The molecule has 2 aliphatic heterocycles. The van der Waals surface area contributed by atoms with E-state index in [4.69, 9.17) is 0 Å². The molecular weight excluding hydrogens is 796 g/mol. The van der Waals surface area contributed by atoms with Gasteiger partial charge in [-0.15, -0.1) is 0 Å². The van der Waals surface area contributed by atoms with Crippen LogP contribution >= 0.6 is 0 Å². The Hall–Kier alpha value is -5.80. The molecule has 4 aliphatic rings. The zero-order valence-electron chi connectivity index (χ0n) is 41.6. The number of benzene rings is 7. The van der Waals surface area contributed by atoms with Crippen molar-refractivity contribution in [3.05, 3.63) is 173 Å². The molecule has 0 aromatic heterocycles. The highest BCUT2D eigenvalue weighted by Gasteiger charge is 2.49. The van der Waals surface area contributed by atoms with Crippen molar-refractivity contribution in [3.63, 3.8) is 0 Å². The lowest BCUT2D eigenvalue weighted by atomic mass is 9.42. The molecule has 2 nitrogen and oxygen atoms in total. The summed E-state index contributed by atoms with van der Waals surface area (Å²) in [5.74, 6) is 0. The highest BCUT2D eigenvalue weighted by Crippen LogP contribution is 2.55. The first-order valence-corrected chi connectivity index (χ1v) is 24.7. The van der Waals surface area contributed by atoms with Crippen LogP contribution in [-0.2, 0) is 27.1 Å². The maximum atomic E-state index is 2.76. The zero-order valence-corrected chi connectivity index (χ0v) is 41.6. The summed E-state index contributed by atoms with van der Waals surface area (Å²) in [5.41, 5.74) is 25.7. The summed E-state index contributed by atoms with van der Waals surface area (Å²) in [6.45, 7) is 29.3. The van der Waals surface area contributed by atoms with E-state index in [0.717, 1.165) is 0 Å². The van der Waals surface area contributed by atoms with Crippen molar-refractivity contribution in [1.29, 1.82) is 0 Å². The van der Waals surface area contributed by atoms with Crippen LogP contribution in [0.5, 0.6) is 0 Å². The summed E-state index contributed by atoms with van der Waals surface area (Å²) in [4.78, 5) is 5.45. The van der Waals surface area contributed by atoms with E-state index in [1.54, 1.807) is 0 Å². The van der Waals surface area contributed by atoms with Gasteiger partial charge >= 0.3 is 6.85 Å². The number of rotatable bonds is 4. The molecule has 0 atom stereocenters. The van der Waals surface area contributed by atoms with Crippen LogP contribution in [0.25, 0.3) is 33.4 Å².